The van der Waals surface area contributed by atoms with Crippen molar-refractivity contribution in [1.82, 2.24) is 10.2 Å². The second kappa shape index (κ2) is 9.97. The first-order valence-corrected chi connectivity index (χ1v) is 11.3. The van der Waals surface area contributed by atoms with E-state index in [2.05, 4.69) is 26.6 Å². The Morgan fingerprint density at radius 1 is 1.07 bits per heavy atom. The number of hydrogen-bond donors (Lipinski definition) is 2. The highest BCUT2D eigenvalue weighted by molar-refractivity contribution is 9.09. The van der Waals surface area contributed by atoms with E-state index in [1.165, 1.54) is 6.07 Å². The minimum atomic E-state index is -1.03. The van der Waals surface area contributed by atoms with Gasteiger partial charge in [-0.25, -0.2) is 0 Å². The highest BCUT2D eigenvalue weighted by Gasteiger charge is 2.45. The first-order valence-electron chi connectivity index (χ1n) is 10.1. The Bertz CT molecular complexity index is 885. The zero-order valence-corrected chi connectivity index (χ0v) is 18.1. The molecule has 3 rings (SSSR count). The van der Waals surface area contributed by atoms with Crippen LogP contribution in [0.3, 0.4) is 0 Å². The number of carbonyl (C=O) groups excluding carboxylic acids is 5. The van der Waals surface area contributed by atoms with Gasteiger partial charge >= 0.3 is 0 Å². The molecule has 160 valence electrons. The average Bonchev–Trinajstić information content (AvgIpc) is 2.96. The van der Waals surface area contributed by atoms with Crippen LogP contribution in [0.2, 0.25) is 0 Å². The van der Waals surface area contributed by atoms with Crippen molar-refractivity contribution in [3.8, 4) is 0 Å². The normalized spacial score (nSPS) is 18.4. The van der Waals surface area contributed by atoms with Gasteiger partial charge in [-0.1, -0.05) is 41.3 Å². The molecule has 1 aromatic rings. The molecule has 2 aliphatic heterocycles. The Kier molecular flexibility index (Phi) is 7.36. The largest absolute Gasteiger partial charge is 0.325 e. The number of unbranched alkanes of at least 4 members (excludes halogenated alkanes) is 4. The molecule has 1 unspecified atom stereocenters. The van der Waals surface area contributed by atoms with Crippen molar-refractivity contribution in [3.05, 3.63) is 29.3 Å². The number of fused-ring (bicyclic) bond motifs is 1. The van der Waals surface area contributed by atoms with Crippen LogP contribution >= 0.6 is 15.9 Å². The number of carbonyl (C=O) groups is 5. The lowest BCUT2D eigenvalue weighted by Gasteiger charge is -2.27. The van der Waals surface area contributed by atoms with Crippen molar-refractivity contribution in [2.24, 2.45) is 0 Å². The van der Waals surface area contributed by atoms with E-state index < -0.39 is 29.7 Å². The molecule has 8 nitrogen and oxygen atoms in total. The molecule has 30 heavy (non-hydrogen) atoms. The van der Waals surface area contributed by atoms with Gasteiger partial charge in [0.05, 0.1) is 16.8 Å². The molecule has 0 bridgehead atoms. The van der Waals surface area contributed by atoms with Crippen LogP contribution in [0.1, 0.15) is 72.1 Å². The van der Waals surface area contributed by atoms with Crippen LogP contribution in [-0.4, -0.2) is 45.8 Å². The molecule has 1 atom stereocenters. The molecule has 0 aromatic heterocycles. The van der Waals surface area contributed by atoms with E-state index >= 15 is 0 Å². The lowest BCUT2D eigenvalue weighted by Crippen LogP contribution is -2.54. The van der Waals surface area contributed by atoms with Crippen molar-refractivity contribution in [2.75, 3.05) is 10.6 Å². The predicted molar refractivity (Wildman–Crippen MR) is 113 cm³/mol. The summed E-state index contributed by atoms with van der Waals surface area (Å²) in [5.41, 5.74) is 0.514. The molecule has 2 heterocycles. The topological polar surface area (TPSA) is 113 Å². The third-order valence-electron chi connectivity index (χ3n) is 5.28. The van der Waals surface area contributed by atoms with Crippen LogP contribution in [-0.2, 0) is 14.4 Å². The summed E-state index contributed by atoms with van der Waals surface area (Å²) in [5.74, 6) is -2.52. The van der Waals surface area contributed by atoms with Crippen molar-refractivity contribution in [2.45, 2.75) is 57.4 Å². The number of benzene rings is 1. The smallest absolute Gasteiger partial charge is 0.264 e. The Balaban J connectivity index is 1.67. The average molecular weight is 478 g/mol. The summed E-state index contributed by atoms with van der Waals surface area (Å²) < 4.78 is 0. The Morgan fingerprint density at radius 2 is 1.80 bits per heavy atom. The molecular formula is C21H24BrN3O5. The molecule has 2 aliphatic rings. The number of anilines is 1. The van der Waals surface area contributed by atoms with Crippen molar-refractivity contribution in [3.63, 3.8) is 0 Å². The minimum Gasteiger partial charge on any atom is -0.325 e. The maximum absolute atomic E-state index is 13.0. The first-order chi connectivity index (χ1) is 14.4. The number of rotatable bonds is 9. The summed E-state index contributed by atoms with van der Waals surface area (Å²) in [6.07, 6.45) is 5.47. The van der Waals surface area contributed by atoms with Crippen LogP contribution in [0.25, 0.3) is 0 Å². The van der Waals surface area contributed by atoms with Gasteiger partial charge in [0.1, 0.15) is 6.04 Å². The van der Waals surface area contributed by atoms with Gasteiger partial charge in [0, 0.05) is 18.2 Å². The van der Waals surface area contributed by atoms with Gasteiger partial charge in [0.15, 0.2) is 0 Å². The predicted octanol–water partition coefficient (Wildman–Crippen LogP) is 2.76. The number of halogens is 1. The Hall–Kier alpha value is -2.55. The van der Waals surface area contributed by atoms with Crippen LogP contribution in [0.5, 0.6) is 0 Å². The van der Waals surface area contributed by atoms with E-state index in [0.717, 1.165) is 42.3 Å². The SMILES string of the molecule is O=C1CCC(N2C(=O)c3cccc(NC(=O)CCCCCCCBr)c3C2=O)C(=O)N1. The van der Waals surface area contributed by atoms with Gasteiger partial charge in [0.25, 0.3) is 11.8 Å². The van der Waals surface area contributed by atoms with Crippen LogP contribution in [0, 0.1) is 0 Å². The molecule has 1 fully saturated rings. The summed E-state index contributed by atoms with van der Waals surface area (Å²) in [4.78, 5) is 62.5. The lowest BCUT2D eigenvalue weighted by atomic mass is 10.0. The van der Waals surface area contributed by atoms with Crippen LogP contribution in [0.4, 0.5) is 5.69 Å². The molecule has 5 amide bonds. The van der Waals surface area contributed by atoms with Crippen molar-refractivity contribution < 1.29 is 24.0 Å². The van der Waals surface area contributed by atoms with E-state index in [-0.39, 0.29) is 35.6 Å². The number of imide groups is 2. The molecular weight excluding hydrogens is 454 g/mol. The highest BCUT2D eigenvalue weighted by Crippen LogP contribution is 2.32. The monoisotopic (exact) mass is 477 g/mol. The fourth-order valence-corrected chi connectivity index (χ4v) is 4.14. The van der Waals surface area contributed by atoms with E-state index in [1.54, 1.807) is 12.1 Å². The summed E-state index contributed by atoms with van der Waals surface area (Å²) in [7, 11) is 0. The fourth-order valence-electron chi connectivity index (χ4n) is 3.74. The quantitative estimate of drug-likeness (QED) is 0.322. The molecule has 1 saturated heterocycles. The molecule has 2 N–H and O–H groups in total. The van der Waals surface area contributed by atoms with Crippen molar-refractivity contribution in [1.29, 1.82) is 0 Å². The number of alkyl halides is 1. The number of nitrogens with zero attached hydrogens (tertiary/aromatic N) is 1. The maximum Gasteiger partial charge on any atom is 0.264 e. The molecule has 0 spiro atoms. The van der Waals surface area contributed by atoms with E-state index in [1.807, 2.05) is 0 Å². The second-order valence-corrected chi connectivity index (χ2v) is 8.22. The summed E-state index contributed by atoms with van der Waals surface area (Å²) in [6.45, 7) is 0. The van der Waals surface area contributed by atoms with E-state index in [0.29, 0.717) is 6.42 Å². The number of nitrogens with one attached hydrogen (secondary N) is 2. The summed E-state index contributed by atoms with van der Waals surface area (Å²) in [6, 6.07) is 3.64. The zero-order chi connectivity index (χ0) is 21.7. The van der Waals surface area contributed by atoms with Crippen LogP contribution in [0.15, 0.2) is 18.2 Å². The highest BCUT2D eigenvalue weighted by atomic mass is 79.9. The third kappa shape index (κ3) is 4.77. The zero-order valence-electron chi connectivity index (χ0n) is 16.5. The number of hydrogen-bond acceptors (Lipinski definition) is 5. The summed E-state index contributed by atoms with van der Waals surface area (Å²) in [5, 5.41) is 5.88. The molecule has 0 saturated carbocycles. The lowest BCUT2D eigenvalue weighted by molar-refractivity contribution is -0.136. The Labute approximate surface area is 182 Å². The van der Waals surface area contributed by atoms with E-state index in [9.17, 15) is 24.0 Å². The standard InChI is InChI=1S/C21H24BrN3O5/c22-12-5-3-1-2-4-9-16(26)23-14-8-6-7-13-18(14)21(30)25(20(13)29)15-10-11-17(27)24-19(15)28/h6-8,15H,1-5,9-12H2,(H,23,26)(H,24,27,28). The second-order valence-electron chi connectivity index (χ2n) is 7.43. The maximum atomic E-state index is 13.0. The molecule has 1 aromatic carbocycles. The Morgan fingerprint density at radius 3 is 2.53 bits per heavy atom. The molecule has 0 aliphatic carbocycles. The van der Waals surface area contributed by atoms with Gasteiger partial charge in [-0.3, -0.25) is 34.2 Å². The molecule has 0 radical (unpaired) electrons. The van der Waals surface area contributed by atoms with Gasteiger partial charge in [0.2, 0.25) is 17.7 Å². The summed E-state index contributed by atoms with van der Waals surface area (Å²) >= 11 is 3.39. The number of amides is 5. The van der Waals surface area contributed by atoms with Gasteiger partial charge in [-0.15, -0.1) is 0 Å². The minimum absolute atomic E-state index is 0.0586. The molecule has 9 heteroatoms. The van der Waals surface area contributed by atoms with Gasteiger partial charge in [-0.2, -0.15) is 0 Å². The van der Waals surface area contributed by atoms with Gasteiger partial charge < -0.3 is 5.32 Å². The first kappa shape index (κ1) is 22.1. The van der Waals surface area contributed by atoms with Gasteiger partial charge in [-0.05, 0) is 31.4 Å². The van der Waals surface area contributed by atoms with Crippen LogP contribution < -0.4 is 10.6 Å². The number of piperidine rings is 1. The van der Waals surface area contributed by atoms with E-state index in [4.69, 9.17) is 0 Å². The van der Waals surface area contributed by atoms with Crippen molar-refractivity contribution >= 4 is 51.2 Å². The third-order valence-corrected chi connectivity index (χ3v) is 5.84. The fraction of sp³-hybridized carbons (Fsp3) is 0.476.